The van der Waals surface area contributed by atoms with E-state index in [2.05, 4.69) is 28.1 Å². The Morgan fingerprint density at radius 3 is 2.74 bits per heavy atom. The first-order valence-corrected chi connectivity index (χ1v) is 9.59. The molecule has 0 radical (unpaired) electrons. The molecule has 0 aliphatic carbocycles. The van der Waals surface area contributed by atoms with Crippen molar-refractivity contribution in [2.75, 3.05) is 13.1 Å². The lowest BCUT2D eigenvalue weighted by molar-refractivity contribution is 0.196. The van der Waals surface area contributed by atoms with E-state index >= 15 is 0 Å². The molecule has 3 nitrogen and oxygen atoms in total. The Labute approximate surface area is 159 Å². The van der Waals surface area contributed by atoms with Crippen LogP contribution in [-0.2, 0) is 13.0 Å². The van der Waals surface area contributed by atoms with Gasteiger partial charge in [-0.25, -0.2) is 4.39 Å². The smallest absolute Gasteiger partial charge is 0.123 e. The van der Waals surface area contributed by atoms with Crippen molar-refractivity contribution in [3.8, 4) is 0 Å². The van der Waals surface area contributed by atoms with Crippen LogP contribution in [0, 0.1) is 5.82 Å². The summed E-state index contributed by atoms with van der Waals surface area (Å²) in [5.74, 6) is 0.246. The topological polar surface area (TPSA) is 29.0 Å². The molecule has 27 heavy (non-hydrogen) atoms. The van der Waals surface area contributed by atoms with Crippen LogP contribution in [0.5, 0.6) is 0 Å². The summed E-state index contributed by atoms with van der Waals surface area (Å²) in [7, 11) is 0. The normalized spacial score (nSPS) is 17.7. The van der Waals surface area contributed by atoms with Crippen LogP contribution < -0.4 is 0 Å². The maximum Gasteiger partial charge on any atom is 0.123 e. The van der Waals surface area contributed by atoms with Gasteiger partial charge in [-0.2, -0.15) is 0 Å². The minimum Gasteiger partial charge on any atom is -0.297 e. The fourth-order valence-corrected chi connectivity index (χ4v) is 3.84. The fourth-order valence-electron chi connectivity index (χ4n) is 3.84. The lowest BCUT2D eigenvalue weighted by Crippen LogP contribution is -2.34. The van der Waals surface area contributed by atoms with Gasteiger partial charge in [-0.3, -0.25) is 14.9 Å². The average Bonchev–Trinajstić information content (AvgIpc) is 2.69. The van der Waals surface area contributed by atoms with Gasteiger partial charge in [0.1, 0.15) is 5.82 Å². The van der Waals surface area contributed by atoms with Crippen LogP contribution >= 0.6 is 0 Å². The lowest BCUT2D eigenvalue weighted by Gasteiger charge is -2.32. The standard InChI is InChI=1S/C23H24FN3/c24-20-8-3-6-18(14-20)15-21-10-4-11-23(26-21)19-7-5-13-27(16-19)17-22-9-1-2-12-25-22/h1-4,6,8-12,14,19H,5,7,13,15-17H2/t19-/m0/s1. The van der Waals surface area contributed by atoms with E-state index in [-0.39, 0.29) is 5.82 Å². The third-order valence-corrected chi connectivity index (χ3v) is 5.14. The predicted octanol–water partition coefficient (Wildman–Crippen LogP) is 4.59. The molecule has 1 aliphatic heterocycles. The second kappa shape index (κ2) is 8.40. The molecule has 4 rings (SSSR count). The van der Waals surface area contributed by atoms with Crippen LogP contribution in [0.3, 0.4) is 0 Å². The fraction of sp³-hybridized carbons (Fsp3) is 0.304. The van der Waals surface area contributed by atoms with E-state index in [0.29, 0.717) is 12.3 Å². The summed E-state index contributed by atoms with van der Waals surface area (Å²) in [4.78, 5) is 11.8. The number of hydrogen-bond acceptors (Lipinski definition) is 3. The summed E-state index contributed by atoms with van der Waals surface area (Å²) in [6, 6.07) is 19.1. The van der Waals surface area contributed by atoms with Gasteiger partial charge in [-0.15, -0.1) is 0 Å². The molecule has 0 bridgehead atoms. The van der Waals surface area contributed by atoms with E-state index in [1.54, 1.807) is 12.1 Å². The van der Waals surface area contributed by atoms with Gasteiger partial charge < -0.3 is 0 Å². The van der Waals surface area contributed by atoms with Crippen molar-refractivity contribution in [3.63, 3.8) is 0 Å². The second-order valence-corrected chi connectivity index (χ2v) is 7.26. The largest absolute Gasteiger partial charge is 0.297 e. The highest BCUT2D eigenvalue weighted by atomic mass is 19.1. The molecule has 1 aliphatic rings. The summed E-state index contributed by atoms with van der Waals surface area (Å²) in [6.07, 6.45) is 4.85. The number of halogens is 1. The van der Waals surface area contributed by atoms with E-state index < -0.39 is 0 Å². The van der Waals surface area contributed by atoms with Crippen LogP contribution in [0.2, 0.25) is 0 Å². The zero-order valence-electron chi connectivity index (χ0n) is 15.4. The van der Waals surface area contributed by atoms with Crippen molar-refractivity contribution in [1.29, 1.82) is 0 Å². The van der Waals surface area contributed by atoms with Crippen molar-refractivity contribution in [2.24, 2.45) is 0 Å². The quantitative estimate of drug-likeness (QED) is 0.666. The van der Waals surface area contributed by atoms with Gasteiger partial charge in [0.15, 0.2) is 0 Å². The first kappa shape index (κ1) is 17.8. The van der Waals surface area contributed by atoms with Crippen LogP contribution in [0.1, 0.15) is 41.4 Å². The number of benzene rings is 1. The van der Waals surface area contributed by atoms with E-state index in [0.717, 1.165) is 48.7 Å². The maximum atomic E-state index is 13.4. The average molecular weight is 361 g/mol. The van der Waals surface area contributed by atoms with Crippen molar-refractivity contribution in [3.05, 3.63) is 95.3 Å². The van der Waals surface area contributed by atoms with Crippen molar-refractivity contribution >= 4 is 0 Å². The highest BCUT2D eigenvalue weighted by Crippen LogP contribution is 2.27. The third-order valence-electron chi connectivity index (χ3n) is 5.14. The lowest BCUT2D eigenvalue weighted by atomic mass is 9.93. The molecule has 2 aromatic heterocycles. The summed E-state index contributed by atoms with van der Waals surface area (Å²) in [5, 5.41) is 0. The van der Waals surface area contributed by atoms with E-state index in [1.807, 2.05) is 30.5 Å². The first-order chi connectivity index (χ1) is 13.3. The van der Waals surface area contributed by atoms with Gasteiger partial charge in [0.2, 0.25) is 0 Å². The van der Waals surface area contributed by atoms with E-state index in [1.165, 1.54) is 12.5 Å². The first-order valence-electron chi connectivity index (χ1n) is 9.59. The number of rotatable bonds is 5. The van der Waals surface area contributed by atoms with Crippen LogP contribution in [-0.4, -0.2) is 28.0 Å². The van der Waals surface area contributed by atoms with Crippen molar-refractivity contribution in [1.82, 2.24) is 14.9 Å². The molecule has 1 fully saturated rings. The Balaban J connectivity index is 1.44. The Hall–Kier alpha value is -2.59. The molecule has 138 valence electrons. The van der Waals surface area contributed by atoms with E-state index in [4.69, 9.17) is 4.98 Å². The molecule has 1 saturated heterocycles. The molecule has 0 N–H and O–H groups in total. The summed E-state index contributed by atoms with van der Waals surface area (Å²) in [6.45, 7) is 3.00. The van der Waals surface area contributed by atoms with Gasteiger partial charge in [0.05, 0.1) is 5.69 Å². The monoisotopic (exact) mass is 361 g/mol. The molecule has 4 heteroatoms. The molecule has 1 aromatic carbocycles. The zero-order valence-corrected chi connectivity index (χ0v) is 15.4. The van der Waals surface area contributed by atoms with Gasteiger partial charge in [-0.1, -0.05) is 24.3 Å². The number of nitrogens with zero attached hydrogens (tertiary/aromatic N) is 3. The van der Waals surface area contributed by atoms with Crippen molar-refractivity contribution in [2.45, 2.75) is 31.7 Å². The highest BCUT2D eigenvalue weighted by Gasteiger charge is 2.22. The van der Waals surface area contributed by atoms with Crippen molar-refractivity contribution < 1.29 is 4.39 Å². The molecule has 1 atom stereocenters. The van der Waals surface area contributed by atoms with Crippen LogP contribution in [0.4, 0.5) is 4.39 Å². The number of aromatic nitrogens is 2. The second-order valence-electron chi connectivity index (χ2n) is 7.26. The molecule has 0 saturated carbocycles. The Morgan fingerprint density at radius 2 is 1.89 bits per heavy atom. The molecular formula is C23H24FN3. The molecule has 0 amide bonds. The molecule has 3 heterocycles. The Morgan fingerprint density at radius 1 is 1.00 bits per heavy atom. The predicted molar refractivity (Wildman–Crippen MR) is 105 cm³/mol. The van der Waals surface area contributed by atoms with Gasteiger partial charge >= 0.3 is 0 Å². The minimum absolute atomic E-state index is 0.193. The Kier molecular flexibility index (Phi) is 5.54. The number of piperidine rings is 1. The summed E-state index contributed by atoms with van der Waals surface area (Å²) in [5.41, 5.74) is 4.22. The van der Waals surface area contributed by atoms with Gasteiger partial charge in [0.25, 0.3) is 0 Å². The van der Waals surface area contributed by atoms with Gasteiger partial charge in [0, 0.05) is 43.0 Å². The molecule has 0 unspecified atom stereocenters. The maximum absolute atomic E-state index is 13.4. The third kappa shape index (κ3) is 4.77. The summed E-state index contributed by atoms with van der Waals surface area (Å²) >= 11 is 0. The molecular weight excluding hydrogens is 337 g/mol. The molecule has 0 spiro atoms. The van der Waals surface area contributed by atoms with Crippen LogP contribution in [0.15, 0.2) is 66.9 Å². The Bertz CT molecular complexity index is 882. The highest BCUT2D eigenvalue weighted by molar-refractivity contribution is 5.24. The summed E-state index contributed by atoms with van der Waals surface area (Å²) < 4.78 is 13.4. The number of likely N-dealkylation sites (tertiary alicyclic amines) is 1. The van der Waals surface area contributed by atoms with Gasteiger partial charge in [-0.05, 0) is 61.3 Å². The number of pyridine rings is 2. The minimum atomic E-state index is -0.193. The molecule has 3 aromatic rings. The SMILES string of the molecule is Fc1cccc(Cc2cccc([C@H]3CCCN(Cc4ccccn4)C3)n2)c1. The van der Waals surface area contributed by atoms with Crippen LogP contribution in [0.25, 0.3) is 0 Å². The number of hydrogen-bond donors (Lipinski definition) is 0. The zero-order chi connectivity index (χ0) is 18.5. The van der Waals surface area contributed by atoms with E-state index in [9.17, 15) is 4.39 Å².